The van der Waals surface area contributed by atoms with Crippen LogP contribution in [0.25, 0.3) is 0 Å². The minimum absolute atomic E-state index is 0.0234. The largest absolute Gasteiger partial charge is 0.452 e. The van der Waals surface area contributed by atoms with Gasteiger partial charge in [-0.2, -0.15) is 23.5 Å². The van der Waals surface area contributed by atoms with Crippen LogP contribution < -0.4 is 46.3 Å². The average molecular weight is 932 g/mol. The van der Waals surface area contributed by atoms with Crippen molar-refractivity contribution >= 4 is 66.7 Å². The molecule has 2 saturated heterocycles. The Hall–Kier alpha value is -4.41. The van der Waals surface area contributed by atoms with E-state index in [0.29, 0.717) is 67.7 Å². The first-order valence-electron chi connectivity index (χ1n) is 22.1. The second-order valence-corrected chi connectivity index (χ2v) is 20.2. The lowest BCUT2D eigenvalue weighted by molar-refractivity contribution is -0.131. The highest BCUT2D eigenvalue weighted by Crippen LogP contribution is 2.53. The van der Waals surface area contributed by atoms with Crippen LogP contribution in [-0.4, -0.2) is 102 Å². The first kappa shape index (κ1) is 51.2. The zero-order valence-electron chi connectivity index (χ0n) is 36.7. The minimum Gasteiger partial charge on any atom is -0.415 e. The van der Waals surface area contributed by atoms with Gasteiger partial charge in [0.2, 0.25) is 29.5 Å². The maximum absolute atomic E-state index is 14.5. The molecule has 63 heavy (non-hydrogen) atoms. The van der Waals surface area contributed by atoms with Crippen molar-refractivity contribution in [1.29, 1.82) is 0 Å². The van der Waals surface area contributed by atoms with Gasteiger partial charge < -0.3 is 46.3 Å². The number of thioether (sulfide) groups is 2. The third kappa shape index (κ3) is 18.7. The van der Waals surface area contributed by atoms with Gasteiger partial charge in [-0.1, -0.05) is 55.7 Å². The fourth-order valence-corrected chi connectivity index (χ4v) is 11.1. The molecule has 19 heteroatoms. The van der Waals surface area contributed by atoms with Crippen molar-refractivity contribution in [1.82, 2.24) is 37.2 Å². The summed E-state index contributed by atoms with van der Waals surface area (Å²) in [5.74, 6) is -0.361. The number of carbonyl (C=O) groups is 6. The fraction of sp³-hybridized carbons (Fsp3) is 0.591. The normalized spacial score (nSPS) is 18.1. The number of rotatable bonds is 30. The van der Waals surface area contributed by atoms with Crippen LogP contribution in [-0.2, 0) is 28.5 Å². The van der Waals surface area contributed by atoms with Crippen molar-refractivity contribution in [2.45, 2.75) is 133 Å². The number of amides is 7. The van der Waals surface area contributed by atoms with E-state index in [1.165, 1.54) is 25.6 Å². The highest BCUT2D eigenvalue weighted by molar-refractivity contribution is 8.00. The van der Waals surface area contributed by atoms with Gasteiger partial charge in [-0.25, -0.2) is 9.36 Å². The Morgan fingerprint density at radius 3 is 1.81 bits per heavy atom. The van der Waals surface area contributed by atoms with Crippen molar-refractivity contribution in [3.63, 3.8) is 0 Å². The highest BCUT2D eigenvalue weighted by atomic mass is 32.2. The molecule has 2 heterocycles. The monoisotopic (exact) mass is 931 g/mol. The molecule has 7 amide bonds. The van der Waals surface area contributed by atoms with Crippen LogP contribution in [0, 0.1) is 0 Å². The Kier molecular flexibility index (Phi) is 22.5. The SMILES string of the molecule is CSCCC(NC(=O)[C@H](C)NC(=O)[C@H](C)NC(=O)CCCCCNC(=O)CCCCCNC(=O)CCCC[C@@H]1SC[C@@H]2NC(=O)N[C@@H]21)P(=O)(Oc1ccccc1)Oc1ccccc1. The maximum Gasteiger partial charge on any atom is 0.452 e. The topological polar surface area (TPSA) is 222 Å². The van der Waals surface area contributed by atoms with Gasteiger partial charge in [0.25, 0.3) is 0 Å². The number of para-hydroxylation sites is 2. The van der Waals surface area contributed by atoms with E-state index in [9.17, 15) is 33.3 Å². The van der Waals surface area contributed by atoms with E-state index in [-0.39, 0.29) is 48.7 Å². The molecule has 2 aromatic rings. The molecule has 2 aliphatic rings. The van der Waals surface area contributed by atoms with E-state index < -0.39 is 37.3 Å². The first-order valence-corrected chi connectivity index (χ1v) is 26.1. The Morgan fingerprint density at radius 2 is 1.24 bits per heavy atom. The number of carbonyl (C=O) groups excluding carboxylic acids is 6. The van der Waals surface area contributed by atoms with Crippen molar-refractivity contribution in [2.75, 3.05) is 30.9 Å². The summed E-state index contributed by atoms with van der Waals surface area (Å²) >= 11 is 3.39. The third-order valence-corrected chi connectivity index (χ3v) is 14.9. The summed E-state index contributed by atoms with van der Waals surface area (Å²) in [5.41, 5.74) is 0. The quantitative estimate of drug-likeness (QED) is 0.0290. The summed E-state index contributed by atoms with van der Waals surface area (Å²) < 4.78 is 26.4. The molecule has 6 atom stereocenters. The van der Waals surface area contributed by atoms with Gasteiger partial charge in [0.15, 0.2) is 5.78 Å². The summed E-state index contributed by atoms with van der Waals surface area (Å²) in [6.07, 6.45) is 10.4. The Balaban J connectivity index is 1.03. The van der Waals surface area contributed by atoms with Crippen LogP contribution in [0.5, 0.6) is 11.5 Å². The molecule has 1 unspecified atom stereocenters. The number of hydrogen-bond acceptors (Lipinski definition) is 11. The summed E-state index contributed by atoms with van der Waals surface area (Å²) in [7, 11) is -4.06. The molecular formula is C44H66N7O9PS2. The molecule has 16 nitrogen and oxygen atoms in total. The summed E-state index contributed by atoms with van der Waals surface area (Å²) in [6.45, 7) is 4.13. The van der Waals surface area contributed by atoms with Crippen molar-refractivity contribution < 1.29 is 42.4 Å². The van der Waals surface area contributed by atoms with Crippen LogP contribution in [0.3, 0.4) is 0 Å². The maximum atomic E-state index is 14.5. The number of hydrogen-bond donors (Lipinski definition) is 7. The molecule has 0 radical (unpaired) electrons. The summed E-state index contributed by atoms with van der Waals surface area (Å²) in [4.78, 5) is 75.0. The van der Waals surface area contributed by atoms with E-state index in [1.807, 2.05) is 18.0 Å². The first-order chi connectivity index (χ1) is 30.4. The smallest absolute Gasteiger partial charge is 0.415 e. The molecule has 348 valence electrons. The van der Waals surface area contributed by atoms with E-state index in [4.69, 9.17) is 9.05 Å². The molecule has 7 N–H and O–H groups in total. The summed E-state index contributed by atoms with van der Waals surface area (Å²) in [5, 5.41) is 20.3. The molecule has 4 rings (SSSR count). The second kappa shape index (κ2) is 27.7. The Bertz CT molecular complexity index is 1770. The van der Waals surface area contributed by atoms with E-state index in [1.54, 1.807) is 60.7 Å². The minimum atomic E-state index is -4.06. The molecule has 0 spiro atoms. The van der Waals surface area contributed by atoms with Gasteiger partial charge in [0.05, 0.1) is 12.1 Å². The number of nitrogens with one attached hydrogen (secondary N) is 7. The standard InChI is InChI=1S/C44H66N7O9PS2/c1-31(42(55)48-32(2)43(56)50-40(26-29-62-3)61(58,59-33-18-8-4-9-19-33)60-34-20-10-5-11-21-34)47-39(54)25-13-7-17-28-45-37(52)23-12-6-16-27-46-38(53)24-15-14-22-36-41-35(30-63-36)49-44(57)51-41/h4-5,8-11,18-21,31-32,35-36,40-41H,6-7,12-17,22-30H2,1-3H3,(H,45,52)(H,46,53)(H,47,54)(H,48,55)(H,50,56)(H2,49,51,57)/t31-,32-,35-,36-,40?,41-/m0/s1. The zero-order valence-corrected chi connectivity index (χ0v) is 39.2. The van der Waals surface area contributed by atoms with Crippen molar-refractivity contribution in [3.05, 3.63) is 60.7 Å². The summed E-state index contributed by atoms with van der Waals surface area (Å²) in [6, 6.07) is 15.5. The van der Waals surface area contributed by atoms with Crippen molar-refractivity contribution in [3.8, 4) is 11.5 Å². The number of benzene rings is 2. The van der Waals surface area contributed by atoms with Gasteiger partial charge in [-0.05, 0) is 95.1 Å². The van der Waals surface area contributed by atoms with E-state index in [2.05, 4.69) is 37.2 Å². The van der Waals surface area contributed by atoms with Crippen LogP contribution in [0.4, 0.5) is 4.79 Å². The van der Waals surface area contributed by atoms with Gasteiger partial charge in [-0.15, -0.1) is 0 Å². The molecule has 2 aromatic carbocycles. The lowest BCUT2D eigenvalue weighted by Gasteiger charge is -2.29. The van der Waals surface area contributed by atoms with Crippen LogP contribution >= 0.6 is 31.1 Å². The lowest BCUT2D eigenvalue weighted by atomic mass is 10.0. The van der Waals surface area contributed by atoms with Gasteiger partial charge in [-0.3, -0.25) is 24.0 Å². The number of unbranched alkanes of at least 4 members (excludes halogenated alkanes) is 5. The molecule has 0 aliphatic carbocycles. The van der Waals surface area contributed by atoms with Gasteiger partial charge >= 0.3 is 13.6 Å². The lowest BCUT2D eigenvalue weighted by Crippen LogP contribution is -2.53. The molecule has 0 saturated carbocycles. The predicted molar refractivity (Wildman–Crippen MR) is 249 cm³/mol. The van der Waals surface area contributed by atoms with E-state index >= 15 is 0 Å². The van der Waals surface area contributed by atoms with Gasteiger partial charge in [0.1, 0.15) is 23.6 Å². The number of fused-ring (bicyclic) bond motifs is 1. The highest BCUT2D eigenvalue weighted by Gasteiger charge is 2.43. The Morgan fingerprint density at radius 1 is 0.714 bits per heavy atom. The third-order valence-electron chi connectivity index (χ3n) is 10.6. The van der Waals surface area contributed by atoms with Crippen LogP contribution in [0.2, 0.25) is 0 Å². The Labute approximate surface area is 380 Å². The average Bonchev–Trinajstić information content (AvgIpc) is 3.82. The molecular weight excluding hydrogens is 866 g/mol. The number of urea groups is 1. The predicted octanol–water partition coefficient (Wildman–Crippen LogP) is 5.62. The zero-order chi connectivity index (χ0) is 45.5. The van der Waals surface area contributed by atoms with Crippen LogP contribution in [0.1, 0.15) is 97.3 Å². The molecule has 0 aromatic heterocycles. The van der Waals surface area contributed by atoms with Gasteiger partial charge in [0, 0.05) is 43.4 Å². The van der Waals surface area contributed by atoms with Crippen molar-refractivity contribution in [2.24, 2.45) is 0 Å². The second-order valence-electron chi connectivity index (χ2n) is 15.9. The van der Waals surface area contributed by atoms with E-state index in [0.717, 1.165) is 44.3 Å². The molecule has 2 fully saturated rings. The molecule has 2 aliphatic heterocycles. The molecule has 0 bridgehead atoms. The van der Waals surface area contributed by atoms with Crippen LogP contribution in [0.15, 0.2) is 60.7 Å². The fourth-order valence-electron chi connectivity index (χ4n) is 7.09.